The van der Waals surface area contributed by atoms with Crippen LogP contribution in [0.5, 0.6) is 0 Å². The molecular weight excluding hydrogens is 506 g/mol. The van der Waals surface area contributed by atoms with Gasteiger partial charge in [0.1, 0.15) is 17.7 Å². The number of hydrogen-bond acceptors (Lipinski definition) is 10. The van der Waals surface area contributed by atoms with Gasteiger partial charge >= 0.3 is 6.09 Å². The van der Waals surface area contributed by atoms with Gasteiger partial charge in [0.05, 0.1) is 12.9 Å². The smallest absolute Gasteiger partial charge is 0.409 e. The number of anilines is 1. The van der Waals surface area contributed by atoms with Gasteiger partial charge in [-0.05, 0) is 37.0 Å². The molecule has 2 aliphatic rings. The standard InChI is InChI=1S/C26H37N7O6/c1-5-28-23(36)20-18(34)19(35)24(39-20)33-14-29-17-21(27)30-16(31-22(17)33)8-6-7-15-9-11-32(12-10-15)25(37)38-13-26(2,3)4/h14-15,18-20,24,34-35H,5,7,9-13H2,1-4H3,(H,28,36)(H2,27,30,31)/t18-,19+,20-,24+/m0/s1. The summed E-state index contributed by atoms with van der Waals surface area (Å²) in [5, 5.41) is 23.5. The number of fused-ring (bicyclic) bond motifs is 1. The SMILES string of the molecule is CCNC(=O)[C@H]1O[C@@H](n2cnc3c(N)nc(C#CCC4CCN(C(=O)OCC(C)(C)C)CC4)nc32)[C@H](O)[C@@H]1O. The number of carbonyl (C=O) groups excluding carboxylic acids is 2. The molecule has 13 nitrogen and oxygen atoms in total. The van der Waals surface area contributed by atoms with Gasteiger partial charge in [-0.25, -0.2) is 19.7 Å². The number of carbonyl (C=O) groups is 2. The molecule has 0 unspecified atom stereocenters. The number of aliphatic hydroxyl groups excluding tert-OH is 2. The molecule has 2 aliphatic heterocycles. The number of rotatable bonds is 5. The van der Waals surface area contributed by atoms with E-state index < -0.39 is 30.4 Å². The number of ether oxygens (including phenoxy) is 2. The molecule has 212 valence electrons. The zero-order chi connectivity index (χ0) is 28.3. The highest BCUT2D eigenvalue weighted by Crippen LogP contribution is 2.32. The van der Waals surface area contributed by atoms with Crippen molar-refractivity contribution in [2.24, 2.45) is 11.3 Å². The van der Waals surface area contributed by atoms with Crippen molar-refractivity contribution in [3.8, 4) is 11.8 Å². The number of imidazole rings is 1. The van der Waals surface area contributed by atoms with E-state index in [1.165, 1.54) is 10.9 Å². The number of aliphatic hydroxyl groups is 2. The van der Waals surface area contributed by atoms with Gasteiger partial charge in [-0.3, -0.25) is 9.36 Å². The first kappa shape index (κ1) is 28.5. The van der Waals surface area contributed by atoms with E-state index in [4.69, 9.17) is 15.2 Å². The van der Waals surface area contributed by atoms with Crippen molar-refractivity contribution in [3.63, 3.8) is 0 Å². The van der Waals surface area contributed by atoms with Crippen LogP contribution in [0.25, 0.3) is 11.2 Å². The predicted octanol–water partition coefficient (Wildman–Crippen LogP) is 0.800. The molecule has 4 atom stereocenters. The van der Waals surface area contributed by atoms with Gasteiger partial charge in [-0.15, -0.1) is 0 Å². The van der Waals surface area contributed by atoms with Crippen molar-refractivity contribution in [1.82, 2.24) is 29.7 Å². The summed E-state index contributed by atoms with van der Waals surface area (Å²) < 4.78 is 12.5. The second kappa shape index (κ2) is 11.7. The number of nitrogens with one attached hydrogen (secondary N) is 1. The van der Waals surface area contributed by atoms with Crippen molar-refractivity contribution in [1.29, 1.82) is 0 Å². The van der Waals surface area contributed by atoms with E-state index in [9.17, 15) is 19.8 Å². The molecule has 2 amide bonds. The largest absolute Gasteiger partial charge is 0.449 e. The van der Waals surface area contributed by atoms with Crippen molar-refractivity contribution in [3.05, 3.63) is 12.2 Å². The second-order valence-electron chi connectivity index (χ2n) is 11.1. The summed E-state index contributed by atoms with van der Waals surface area (Å²) in [6.45, 7) is 9.79. The number of hydrogen-bond donors (Lipinski definition) is 4. The summed E-state index contributed by atoms with van der Waals surface area (Å²) in [5.41, 5.74) is 6.58. The van der Waals surface area contributed by atoms with Gasteiger partial charge in [-0.1, -0.05) is 26.7 Å². The van der Waals surface area contributed by atoms with Crippen LogP contribution in [0.1, 0.15) is 59.0 Å². The molecular formula is C26H37N7O6. The Morgan fingerprint density at radius 2 is 1.95 bits per heavy atom. The number of likely N-dealkylation sites (N-methyl/N-ethyl adjacent to an activating group) is 1. The fourth-order valence-corrected chi connectivity index (χ4v) is 4.52. The van der Waals surface area contributed by atoms with Crippen LogP contribution in [0.3, 0.4) is 0 Å². The number of nitrogen functional groups attached to an aromatic ring is 1. The first-order valence-corrected chi connectivity index (χ1v) is 13.2. The van der Waals surface area contributed by atoms with Crippen molar-refractivity contribution in [2.45, 2.75) is 71.5 Å². The van der Waals surface area contributed by atoms with Gasteiger partial charge in [0.15, 0.2) is 23.8 Å². The highest BCUT2D eigenvalue weighted by atomic mass is 16.6. The molecule has 2 aromatic heterocycles. The summed E-state index contributed by atoms with van der Waals surface area (Å²) in [7, 11) is 0. The van der Waals surface area contributed by atoms with Crippen molar-refractivity contribution < 1.29 is 29.3 Å². The molecule has 4 rings (SSSR count). The van der Waals surface area contributed by atoms with Crippen LogP contribution in [-0.4, -0.2) is 91.2 Å². The van der Waals surface area contributed by atoms with Gasteiger partial charge in [-0.2, -0.15) is 0 Å². The Morgan fingerprint density at radius 3 is 2.62 bits per heavy atom. The van der Waals surface area contributed by atoms with E-state index in [2.05, 4.69) is 32.1 Å². The lowest BCUT2D eigenvalue weighted by molar-refractivity contribution is -0.137. The van der Waals surface area contributed by atoms with Crippen LogP contribution in [0.15, 0.2) is 6.33 Å². The number of nitrogens with zero attached hydrogens (tertiary/aromatic N) is 5. The number of nitrogens with two attached hydrogens (primary N) is 1. The Balaban J connectivity index is 1.40. The van der Waals surface area contributed by atoms with Crippen LogP contribution in [-0.2, 0) is 14.3 Å². The summed E-state index contributed by atoms with van der Waals surface area (Å²) in [4.78, 5) is 39.2. The quantitative estimate of drug-likeness (QED) is 0.394. The average molecular weight is 544 g/mol. The Labute approximate surface area is 227 Å². The van der Waals surface area contributed by atoms with Gasteiger partial charge in [0, 0.05) is 26.1 Å². The summed E-state index contributed by atoms with van der Waals surface area (Å²) in [5.74, 6) is 6.16. The fourth-order valence-electron chi connectivity index (χ4n) is 4.52. The summed E-state index contributed by atoms with van der Waals surface area (Å²) >= 11 is 0. The first-order chi connectivity index (χ1) is 18.5. The molecule has 2 fully saturated rings. The van der Waals surface area contributed by atoms with E-state index in [0.29, 0.717) is 38.6 Å². The third kappa shape index (κ3) is 6.58. The van der Waals surface area contributed by atoms with Crippen LogP contribution in [0.2, 0.25) is 0 Å². The second-order valence-corrected chi connectivity index (χ2v) is 11.1. The minimum atomic E-state index is -1.43. The normalized spacial score (nSPS) is 23.9. The number of aromatic nitrogens is 4. The number of amides is 2. The molecule has 0 saturated carbocycles. The molecule has 0 aromatic carbocycles. The Bertz CT molecular complexity index is 1260. The lowest BCUT2D eigenvalue weighted by Crippen LogP contribution is -2.42. The zero-order valence-corrected chi connectivity index (χ0v) is 22.8. The molecule has 4 heterocycles. The molecule has 0 radical (unpaired) electrons. The van der Waals surface area contributed by atoms with Gasteiger partial charge in [0.25, 0.3) is 5.91 Å². The van der Waals surface area contributed by atoms with E-state index in [1.807, 2.05) is 20.8 Å². The number of piperidine rings is 1. The van der Waals surface area contributed by atoms with E-state index >= 15 is 0 Å². The van der Waals surface area contributed by atoms with Crippen LogP contribution >= 0.6 is 0 Å². The predicted molar refractivity (Wildman–Crippen MR) is 141 cm³/mol. The van der Waals surface area contributed by atoms with Gasteiger partial charge < -0.3 is 35.6 Å². The average Bonchev–Trinajstić information content (AvgIpc) is 3.44. The summed E-state index contributed by atoms with van der Waals surface area (Å²) in [6.07, 6.45) is -1.82. The maximum Gasteiger partial charge on any atom is 0.409 e. The van der Waals surface area contributed by atoms with E-state index in [0.717, 1.165) is 12.8 Å². The van der Waals surface area contributed by atoms with E-state index in [-0.39, 0.29) is 34.3 Å². The molecule has 13 heteroatoms. The summed E-state index contributed by atoms with van der Waals surface area (Å²) in [6, 6.07) is 0. The monoisotopic (exact) mass is 543 g/mol. The Morgan fingerprint density at radius 1 is 1.23 bits per heavy atom. The van der Waals surface area contributed by atoms with Crippen LogP contribution in [0.4, 0.5) is 10.6 Å². The lowest BCUT2D eigenvalue weighted by Gasteiger charge is -2.31. The molecule has 0 aliphatic carbocycles. The maximum atomic E-state index is 12.3. The Hall–Kier alpha value is -3.47. The topological polar surface area (TPSA) is 178 Å². The molecule has 5 N–H and O–H groups in total. The van der Waals surface area contributed by atoms with Crippen LogP contribution < -0.4 is 11.1 Å². The number of likely N-dealkylation sites (tertiary alicyclic amines) is 1. The van der Waals surface area contributed by atoms with E-state index in [1.54, 1.807) is 11.8 Å². The minimum Gasteiger partial charge on any atom is -0.449 e. The minimum absolute atomic E-state index is 0.0749. The zero-order valence-electron chi connectivity index (χ0n) is 22.8. The van der Waals surface area contributed by atoms with Crippen molar-refractivity contribution in [2.75, 3.05) is 32.0 Å². The first-order valence-electron chi connectivity index (χ1n) is 13.2. The molecule has 2 aromatic rings. The fraction of sp³-hybridized carbons (Fsp3) is 0.654. The highest BCUT2D eigenvalue weighted by Gasteiger charge is 2.47. The molecule has 0 spiro atoms. The molecule has 2 saturated heterocycles. The molecule has 0 bridgehead atoms. The molecule has 39 heavy (non-hydrogen) atoms. The Kier molecular flexibility index (Phi) is 8.58. The lowest BCUT2D eigenvalue weighted by atomic mass is 9.94. The van der Waals surface area contributed by atoms with Gasteiger partial charge in [0.2, 0.25) is 5.82 Å². The third-order valence-electron chi connectivity index (χ3n) is 6.66. The van der Waals surface area contributed by atoms with Crippen LogP contribution in [0, 0.1) is 23.2 Å². The third-order valence-corrected chi connectivity index (χ3v) is 6.66. The highest BCUT2D eigenvalue weighted by molar-refractivity contribution is 5.83. The maximum absolute atomic E-state index is 12.3. The van der Waals surface area contributed by atoms with Crippen molar-refractivity contribution >= 4 is 29.0 Å².